The minimum absolute atomic E-state index is 0.120. The molecule has 0 bridgehead atoms. The number of nitrogens with zero attached hydrogens (tertiary/aromatic N) is 2. The van der Waals surface area contributed by atoms with E-state index in [-0.39, 0.29) is 5.56 Å². The lowest BCUT2D eigenvalue weighted by Crippen LogP contribution is -2.14. The largest absolute Gasteiger partial charge is 0.432 e. The van der Waals surface area contributed by atoms with Gasteiger partial charge in [-0.1, -0.05) is 17.9 Å². The van der Waals surface area contributed by atoms with Crippen LogP contribution >= 0.6 is 0 Å². The van der Waals surface area contributed by atoms with Crippen LogP contribution in [0.25, 0.3) is 6.08 Å². The Morgan fingerprint density at radius 2 is 2.10 bits per heavy atom. The summed E-state index contributed by atoms with van der Waals surface area (Å²) in [5.41, 5.74) is 4.42. The maximum atomic E-state index is 12.0. The van der Waals surface area contributed by atoms with E-state index in [0.29, 0.717) is 17.3 Å². The van der Waals surface area contributed by atoms with Crippen molar-refractivity contribution in [3.05, 3.63) is 51.8 Å². The molecule has 0 saturated carbocycles. The van der Waals surface area contributed by atoms with Gasteiger partial charge in [0, 0.05) is 27.2 Å². The molecule has 6 nitrogen and oxygen atoms in total. The summed E-state index contributed by atoms with van der Waals surface area (Å²) in [6.45, 7) is 0. The molecule has 0 radical (unpaired) electrons. The first-order valence-corrected chi connectivity index (χ1v) is 6.56. The fourth-order valence-corrected chi connectivity index (χ4v) is 2.25. The average Bonchev–Trinajstić information content (AvgIpc) is 2.96. The van der Waals surface area contributed by atoms with Gasteiger partial charge in [-0.15, -0.1) is 0 Å². The average molecular weight is 284 g/mol. The fourth-order valence-electron chi connectivity index (χ4n) is 2.25. The summed E-state index contributed by atoms with van der Waals surface area (Å²) in [6.07, 6.45) is 1.63. The molecule has 21 heavy (non-hydrogen) atoms. The Labute approximate surface area is 121 Å². The van der Waals surface area contributed by atoms with Crippen LogP contribution in [-0.4, -0.2) is 23.9 Å². The molecule has 2 heterocycles. The van der Waals surface area contributed by atoms with E-state index in [9.17, 15) is 4.79 Å². The monoisotopic (exact) mass is 284 g/mol. The van der Waals surface area contributed by atoms with E-state index in [1.807, 2.05) is 36.2 Å². The third-order valence-electron chi connectivity index (χ3n) is 3.41. The number of nitrogens with one attached hydrogen (secondary N) is 2. The zero-order valence-electron chi connectivity index (χ0n) is 12.1. The van der Waals surface area contributed by atoms with Crippen molar-refractivity contribution in [2.45, 2.75) is 0 Å². The SMILES string of the molecule is CNc1[nH]n(C)c(=O)c1C=C=C1Oc2ccccc2N1C. The van der Waals surface area contributed by atoms with Gasteiger partial charge >= 0.3 is 0 Å². The summed E-state index contributed by atoms with van der Waals surface area (Å²) in [6, 6.07) is 7.74. The number of aromatic nitrogens is 2. The Morgan fingerprint density at radius 1 is 1.33 bits per heavy atom. The predicted molar refractivity (Wildman–Crippen MR) is 82.5 cm³/mol. The van der Waals surface area contributed by atoms with Crippen LogP contribution in [0.2, 0.25) is 0 Å². The number of ether oxygens (including phenoxy) is 1. The molecule has 108 valence electrons. The first-order chi connectivity index (χ1) is 10.1. The van der Waals surface area contributed by atoms with Gasteiger partial charge in [0.25, 0.3) is 5.56 Å². The van der Waals surface area contributed by atoms with Gasteiger partial charge in [-0.3, -0.25) is 14.6 Å². The fraction of sp³-hybridized carbons (Fsp3) is 0.200. The Kier molecular flexibility index (Phi) is 3.08. The summed E-state index contributed by atoms with van der Waals surface area (Å²) in [5, 5.41) is 5.87. The van der Waals surface area contributed by atoms with Crippen molar-refractivity contribution in [2.24, 2.45) is 7.05 Å². The molecule has 1 aliphatic heterocycles. The summed E-state index contributed by atoms with van der Waals surface area (Å²) < 4.78 is 7.14. The number of hydrogen-bond acceptors (Lipinski definition) is 4. The van der Waals surface area contributed by atoms with Crippen LogP contribution in [0.4, 0.5) is 11.5 Å². The van der Waals surface area contributed by atoms with Gasteiger partial charge in [0.15, 0.2) is 5.75 Å². The third kappa shape index (κ3) is 2.11. The Bertz CT molecular complexity index is 809. The van der Waals surface area contributed by atoms with E-state index in [1.54, 1.807) is 20.2 Å². The maximum Gasteiger partial charge on any atom is 0.276 e. The van der Waals surface area contributed by atoms with Crippen molar-refractivity contribution in [1.29, 1.82) is 0 Å². The van der Waals surface area contributed by atoms with Crippen molar-refractivity contribution in [3.63, 3.8) is 0 Å². The summed E-state index contributed by atoms with van der Waals surface area (Å²) in [7, 11) is 5.32. The van der Waals surface area contributed by atoms with Crippen LogP contribution in [0, 0.1) is 0 Å². The van der Waals surface area contributed by atoms with Crippen molar-refractivity contribution in [2.75, 3.05) is 24.3 Å². The zero-order valence-corrected chi connectivity index (χ0v) is 12.1. The highest BCUT2D eigenvalue weighted by Gasteiger charge is 2.21. The summed E-state index contributed by atoms with van der Waals surface area (Å²) in [5.74, 6) is 1.99. The van der Waals surface area contributed by atoms with Gasteiger partial charge in [0.2, 0.25) is 5.88 Å². The number of fused-ring (bicyclic) bond motifs is 1. The quantitative estimate of drug-likeness (QED) is 0.825. The molecule has 0 spiro atoms. The number of hydrogen-bond donors (Lipinski definition) is 2. The number of H-pyrrole nitrogens is 1. The van der Waals surface area contributed by atoms with E-state index >= 15 is 0 Å². The first kappa shape index (κ1) is 13.1. The van der Waals surface area contributed by atoms with Gasteiger partial charge in [-0.05, 0) is 12.1 Å². The van der Waals surface area contributed by atoms with Crippen molar-refractivity contribution in [1.82, 2.24) is 9.78 Å². The molecule has 0 aliphatic carbocycles. The van der Waals surface area contributed by atoms with Crippen LogP contribution in [0.5, 0.6) is 5.75 Å². The third-order valence-corrected chi connectivity index (χ3v) is 3.41. The molecule has 1 aliphatic rings. The van der Waals surface area contributed by atoms with Gasteiger partial charge in [-0.25, -0.2) is 0 Å². The molecule has 6 heteroatoms. The van der Waals surface area contributed by atoms with Gasteiger partial charge in [0.05, 0.1) is 11.3 Å². The van der Waals surface area contributed by atoms with Gasteiger partial charge in [0.1, 0.15) is 5.82 Å². The molecular weight excluding hydrogens is 268 g/mol. The predicted octanol–water partition coefficient (Wildman–Crippen LogP) is 1.74. The number of benzene rings is 1. The summed E-state index contributed by atoms with van der Waals surface area (Å²) >= 11 is 0. The lowest BCUT2D eigenvalue weighted by Gasteiger charge is -2.07. The molecule has 2 aromatic rings. The van der Waals surface area contributed by atoms with E-state index in [1.165, 1.54) is 4.68 Å². The molecular formula is C15H16N4O2. The van der Waals surface area contributed by atoms with Crippen LogP contribution in [0.3, 0.4) is 0 Å². The van der Waals surface area contributed by atoms with Crippen LogP contribution in [0.15, 0.2) is 40.7 Å². The number of anilines is 2. The number of aryl methyl sites for hydroxylation is 1. The molecule has 0 atom stereocenters. The molecule has 3 rings (SSSR count). The topological polar surface area (TPSA) is 62.3 Å². The molecule has 0 fully saturated rings. The molecule has 1 aromatic heterocycles. The Balaban J connectivity index is 2.03. The molecule has 0 saturated heterocycles. The molecule has 0 amide bonds. The highest BCUT2D eigenvalue weighted by Crippen LogP contribution is 2.36. The second-order valence-electron chi connectivity index (χ2n) is 4.74. The lowest BCUT2D eigenvalue weighted by atomic mass is 10.3. The number of aromatic amines is 1. The van der Waals surface area contributed by atoms with Crippen LogP contribution in [-0.2, 0) is 7.05 Å². The van der Waals surface area contributed by atoms with Gasteiger partial charge in [-0.2, -0.15) is 0 Å². The second-order valence-corrected chi connectivity index (χ2v) is 4.74. The zero-order chi connectivity index (χ0) is 15.0. The molecule has 0 unspecified atom stereocenters. The molecule has 2 N–H and O–H groups in total. The highest BCUT2D eigenvalue weighted by molar-refractivity contribution is 5.67. The summed E-state index contributed by atoms with van der Waals surface area (Å²) in [4.78, 5) is 13.9. The first-order valence-electron chi connectivity index (χ1n) is 6.56. The second kappa shape index (κ2) is 4.92. The van der Waals surface area contributed by atoms with E-state index in [0.717, 1.165) is 11.4 Å². The van der Waals surface area contributed by atoms with Crippen LogP contribution < -0.4 is 20.5 Å². The smallest absolute Gasteiger partial charge is 0.276 e. The van der Waals surface area contributed by atoms with Crippen molar-refractivity contribution in [3.8, 4) is 5.75 Å². The molecule has 1 aromatic carbocycles. The van der Waals surface area contributed by atoms with Crippen molar-refractivity contribution >= 4 is 17.6 Å². The van der Waals surface area contributed by atoms with Gasteiger partial charge < -0.3 is 15.0 Å². The van der Waals surface area contributed by atoms with Crippen molar-refractivity contribution < 1.29 is 4.74 Å². The Morgan fingerprint density at radius 3 is 2.81 bits per heavy atom. The normalized spacial score (nSPS) is 12.7. The number of rotatable bonds is 2. The van der Waals surface area contributed by atoms with E-state index < -0.39 is 0 Å². The van der Waals surface area contributed by atoms with E-state index in [4.69, 9.17) is 4.74 Å². The minimum atomic E-state index is -0.120. The highest BCUT2D eigenvalue weighted by atomic mass is 16.5. The van der Waals surface area contributed by atoms with Crippen LogP contribution in [0.1, 0.15) is 5.56 Å². The number of para-hydroxylation sites is 2. The maximum absolute atomic E-state index is 12.0. The minimum Gasteiger partial charge on any atom is -0.432 e. The standard InChI is InChI=1S/C15H16N4O2/c1-16-14-10(15(20)19(3)17-14)8-9-13-18(2)11-6-4-5-7-12(11)21-13/h4-8,16-17H,1-3H3. The lowest BCUT2D eigenvalue weighted by molar-refractivity contribution is 0.445. The van der Waals surface area contributed by atoms with E-state index in [2.05, 4.69) is 16.1 Å². The Hall–Kier alpha value is -2.85.